The number of ketones is 1. The normalized spacial score (nSPS) is 11.4. The number of carbonyl (C=O) groups excluding carboxylic acids is 3. The molecule has 0 fully saturated rings. The summed E-state index contributed by atoms with van der Waals surface area (Å²) >= 11 is -0.472. The number of carbonyl (C=O) groups is 3. The van der Waals surface area contributed by atoms with Gasteiger partial charge in [-0.2, -0.15) is 4.79 Å². The van der Waals surface area contributed by atoms with Crippen LogP contribution in [0.15, 0.2) is 84.9 Å². The summed E-state index contributed by atoms with van der Waals surface area (Å²) in [5.74, 6) is -0.518. The average molecular weight is 843 g/mol. The molecule has 14 heteroatoms. The van der Waals surface area contributed by atoms with Gasteiger partial charge in [0.25, 0.3) is 5.78 Å². The molecule has 3 aromatic rings. The van der Waals surface area contributed by atoms with Crippen molar-refractivity contribution in [1.82, 2.24) is 22.9 Å². The Morgan fingerprint density at radius 1 is 0.822 bits per heavy atom. The molecular formula is C31H40Cl2N6O5Pt. The second kappa shape index (κ2) is 22.0. The number of hydrogen-bond acceptors (Lipinski definition) is 7. The Morgan fingerprint density at radius 2 is 1.31 bits per heavy atom. The zero-order valence-corrected chi connectivity index (χ0v) is 29.1. The van der Waals surface area contributed by atoms with Crippen molar-refractivity contribution in [2.75, 3.05) is 0 Å². The predicted molar refractivity (Wildman–Crippen MR) is 173 cm³/mol. The molecule has 248 valence electrons. The van der Waals surface area contributed by atoms with Gasteiger partial charge in [-0.05, 0) is 49.6 Å². The van der Waals surface area contributed by atoms with Crippen LogP contribution in [-0.2, 0) is 50.3 Å². The molecule has 0 aliphatic carbocycles. The Kier molecular flexibility index (Phi) is 20.3. The second-order valence-electron chi connectivity index (χ2n) is 10.3. The Morgan fingerprint density at radius 3 is 1.82 bits per heavy atom. The first-order valence-corrected chi connectivity index (χ1v) is 18.8. The summed E-state index contributed by atoms with van der Waals surface area (Å²) in [5.41, 5.74) is 10.9. The van der Waals surface area contributed by atoms with Crippen LogP contribution in [0.1, 0.15) is 37.5 Å². The van der Waals surface area contributed by atoms with Crippen molar-refractivity contribution in [3.8, 4) is 5.75 Å². The summed E-state index contributed by atoms with van der Waals surface area (Å²) in [7, 11) is 9.75. The summed E-state index contributed by atoms with van der Waals surface area (Å²) in [6.07, 6.45) is 0.272. The van der Waals surface area contributed by atoms with Crippen LogP contribution in [0.5, 0.6) is 5.75 Å². The summed E-state index contributed by atoms with van der Waals surface area (Å²) < 4.78 is 11.2. The third-order valence-electron chi connectivity index (χ3n) is 5.74. The zero-order valence-electron chi connectivity index (χ0n) is 25.4. The topological polar surface area (TPSA) is 200 Å². The number of rotatable bonds is 12. The van der Waals surface area contributed by atoms with Crippen LogP contribution in [0.3, 0.4) is 0 Å². The van der Waals surface area contributed by atoms with E-state index in [1.807, 2.05) is 81.4 Å². The van der Waals surface area contributed by atoms with E-state index in [-0.39, 0.29) is 37.4 Å². The van der Waals surface area contributed by atoms with Crippen LogP contribution >= 0.6 is 18.8 Å². The van der Waals surface area contributed by atoms with E-state index in [1.165, 1.54) is 0 Å². The van der Waals surface area contributed by atoms with Gasteiger partial charge in [0.1, 0.15) is 30.0 Å². The molecule has 0 saturated heterocycles. The molecule has 0 bridgehead atoms. The van der Waals surface area contributed by atoms with Crippen molar-refractivity contribution >= 4 is 42.8 Å². The molecule has 0 aromatic heterocycles. The monoisotopic (exact) mass is 841 g/mol. The van der Waals surface area contributed by atoms with Gasteiger partial charge < -0.3 is 37.9 Å². The van der Waals surface area contributed by atoms with Gasteiger partial charge >= 0.3 is 47.6 Å². The Labute approximate surface area is 280 Å². The van der Waals surface area contributed by atoms with E-state index in [0.29, 0.717) is 5.75 Å². The Balaban J connectivity index is 0.00000372. The van der Waals surface area contributed by atoms with E-state index >= 15 is 0 Å². The molecule has 0 aliphatic heterocycles. The van der Waals surface area contributed by atoms with Crippen LogP contribution in [0.4, 0.5) is 4.79 Å². The van der Waals surface area contributed by atoms with E-state index in [1.54, 1.807) is 24.3 Å². The number of hydrogen-bond donors (Lipinski definition) is 4. The molecule has 0 radical (unpaired) electrons. The van der Waals surface area contributed by atoms with Gasteiger partial charge in [-0.3, -0.25) is 9.59 Å². The summed E-state index contributed by atoms with van der Waals surface area (Å²) in [6.45, 7) is 5.86. The molecule has 0 heterocycles. The number of ether oxygens (including phenoxy) is 2. The van der Waals surface area contributed by atoms with Gasteiger partial charge in [-0.1, -0.05) is 72.8 Å². The van der Waals surface area contributed by atoms with E-state index in [9.17, 15) is 14.4 Å². The number of Topliss-reactive ketones (excluding diaryl/α,β-unsaturated/α-hetero) is 1. The maximum absolute atomic E-state index is 13.4. The SMILES string of the molecule is CC(C)(C)Oc1ccc(CC(NC(=O)C(Cc2ccccc2)NC(=O)OCc2ccccc2)C(=O)C=[N+]=[N-])cc1.N.N.[Cl][Pt][Cl]. The summed E-state index contributed by atoms with van der Waals surface area (Å²) in [5, 5.41) is 5.33. The van der Waals surface area contributed by atoms with Crippen molar-refractivity contribution in [1.29, 1.82) is 0 Å². The van der Waals surface area contributed by atoms with Gasteiger partial charge in [0.15, 0.2) is 0 Å². The molecule has 3 rings (SSSR count). The zero-order chi connectivity index (χ0) is 31.7. The predicted octanol–water partition coefficient (Wildman–Crippen LogP) is 6.00. The van der Waals surface area contributed by atoms with Crippen molar-refractivity contribution in [2.24, 2.45) is 0 Å². The van der Waals surface area contributed by atoms with Gasteiger partial charge in [0, 0.05) is 12.8 Å². The summed E-state index contributed by atoms with van der Waals surface area (Å²) in [6, 6.07) is 23.4. The van der Waals surface area contributed by atoms with Crippen LogP contribution in [0, 0.1) is 0 Å². The second-order valence-corrected chi connectivity index (χ2v) is 13.5. The van der Waals surface area contributed by atoms with Gasteiger partial charge in [0.2, 0.25) is 5.91 Å². The summed E-state index contributed by atoms with van der Waals surface area (Å²) in [4.78, 5) is 41.6. The first-order chi connectivity index (χ1) is 20.5. The van der Waals surface area contributed by atoms with E-state index in [4.69, 9.17) is 33.8 Å². The Hall–Kier alpha value is -3.56. The van der Waals surface area contributed by atoms with Crippen LogP contribution in [0.2, 0.25) is 0 Å². The first-order valence-electron chi connectivity index (χ1n) is 13.2. The average Bonchev–Trinajstić information content (AvgIpc) is 2.97. The number of nitrogens with one attached hydrogen (secondary N) is 2. The minimum atomic E-state index is -1.04. The Bertz CT molecular complexity index is 1360. The van der Waals surface area contributed by atoms with Crippen molar-refractivity contribution < 1.29 is 45.1 Å². The first kappa shape index (κ1) is 41.4. The van der Waals surface area contributed by atoms with Crippen molar-refractivity contribution in [3.63, 3.8) is 0 Å². The molecule has 0 aliphatic rings. The quantitative estimate of drug-likeness (QED) is 0.0974. The van der Waals surface area contributed by atoms with Crippen LogP contribution in [-0.4, -0.2) is 46.5 Å². The van der Waals surface area contributed by atoms with Gasteiger partial charge in [-0.15, -0.1) is 0 Å². The van der Waals surface area contributed by atoms with Crippen LogP contribution in [0.25, 0.3) is 5.53 Å². The molecule has 45 heavy (non-hydrogen) atoms. The molecule has 0 spiro atoms. The molecule has 11 nitrogen and oxygen atoms in total. The number of halogens is 2. The van der Waals surface area contributed by atoms with Crippen molar-refractivity contribution in [2.45, 2.75) is 57.9 Å². The van der Waals surface area contributed by atoms with E-state index in [0.717, 1.165) is 22.9 Å². The molecule has 0 saturated carbocycles. The molecule has 2 atom stereocenters. The van der Waals surface area contributed by atoms with E-state index < -0.39 is 46.3 Å². The third-order valence-corrected chi connectivity index (χ3v) is 5.74. The molecule has 8 N–H and O–H groups in total. The van der Waals surface area contributed by atoms with Crippen LogP contribution < -0.4 is 27.7 Å². The third kappa shape index (κ3) is 16.9. The fourth-order valence-corrected chi connectivity index (χ4v) is 3.89. The molecule has 3 aromatic carbocycles. The fourth-order valence-electron chi connectivity index (χ4n) is 3.89. The number of nitrogens with zero attached hydrogens (tertiary/aromatic N) is 2. The van der Waals surface area contributed by atoms with Gasteiger partial charge in [-0.25, -0.2) is 4.79 Å². The maximum atomic E-state index is 13.4. The number of benzene rings is 3. The minimum absolute atomic E-state index is 0. The van der Waals surface area contributed by atoms with Crippen molar-refractivity contribution in [3.05, 3.63) is 107 Å². The molecule has 2 unspecified atom stereocenters. The number of amides is 2. The fraction of sp³-hybridized carbons (Fsp3) is 0.290. The standard InChI is InChI=1S/C31H34N4O5.2ClH.2H3N.Pt/c1-31(2,3)40-25-16-14-23(15-17-25)18-26(28(36)20-33-32)34-29(37)27(19-22-10-6-4-7-11-22)35-30(38)39-21-24-12-8-5-9-13-24;;;;;/h4-17,20,26-27H,18-19,21H2,1-3H3,(H,34,37)(H,35,38);2*1H;2*1H3;/q;;;;;+2/p-2. The van der Waals surface area contributed by atoms with E-state index in [2.05, 4.69) is 15.4 Å². The molecular weight excluding hydrogens is 802 g/mol. The van der Waals surface area contributed by atoms with Gasteiger partial charge in [0.05, 0.1) is 0 Å². The molecule has 2 amide bonds. The number of alkyl carbamates (subject to hydrolysis) is 1.